The number of halogens is 1. The van der Waals surface area contributed by atoms with Gasteiger partial charge in [0.15, 0.2) is 5.78 Å². The SMILES string of the molecule is CC(C(=O)c1ccc(Cl)s1)N1CC2CCCC(C2)C1. The fourth-order valence-corrected chi connectivity index (χ4v) is 4.67. The molecule has 3 rings (SSSR count). The van der Waals surface area contributed by atoms with Gasteiger partial charge in [0, 0.05) is 13.1 Å². The predicted molar refractivity (Wildman–Crippen MR) is 80.1 cm³/mol. The Bertz CT molecular complexity index is 460. The summed E-state index contributed by atoms with van der Waals surface area (Å²) in [6, 6.07) is 3.67. The van der Waals surface area contributed by atoms with Gasteiger partial charge < -0.3 is 0 Å². The third-order valence-corrected chi connectivity index (χ3v) is 5.87. The molecule has 104 valence electrons. The summed E-state index contributed by atoms with van der Waals surface area (Å²) in [5.74, 6) is 1.86. The number of ketones is 1. The van der Waals surface area contributed by atoms with Gasteiger partial charge in [0.25, 0.3) is 0 Å². The molecule has 0 N–H and O–H groups in total. The highest BCUT2D eigenvalue weighted by Gasteiger charge is 2.34. The molecule has 2 fully saturated rings. The van der Waals surface area contributed by atoms with Crippen molar-refractivity contribution in [1.82, 2.24) is 4.90 Å². The van der Waals surface area contributed by atoms with Gasteiger partial charge in [-0.15, -0.1) is 11.3 Å². The molecule has 0 amide bonds. The van der Waals surface area contributed by atoms with Crippen molar-refractivity contribution in [2.24, 2.45) is 11.8 Å². The van der Waals surface area contributed by atoms with Crippen molar-refractivity contribution in [1.29, 1.82) is 0 Å². The maximum Gasteiger partial charge on any atom is 0.189 e. The largest absolute Gasteiger partial charge is 0.293 e. The predicted octanol–water partition coefficient (Wildman–Crippen LogP) is 4.09. The van der Waals surface area contributed by atoms with E-state index in [9.17, 15) is 4.79 Å². The molecule has 0 aromatic carbocycles. The van der Waals surface area contributed by atoms with E-state index in [0.717, 1.165) is 29.8 Å². The van der Waals surface area contributed by atoms with E-state index in [-0.39, 0.29) is 11.8 Å². The lowest BCUT2D eigenvalue weighted by molar-refractivity contribution is 0.0496. The molecule has 1 aliphatic heterocycles. The van der Waals surface area contributed by atoms with Gasteiger partial charge in [-0.1, -0.05) is 18.0 Å². The lowest BCUT2D eigenvalue weighted by Crippen LogP contribution is -2.49. The smallest absolute Gasteiger partial charge is 0.189 e. The minimum atomic E-state index is -0.00174. The van der Waals surface area contributed by atoms with Crippen molar-refractivity contribution < 1.29 is 4.79 Å². The quantitative estimate of drug-likeness (QED) is 0.783. The number of nitrogens with zero attached hydrogens (tertiary/aromatic N) is 1. The third kappa shape index (κ3) is 2.88. The second-order valence-electron chi connectivity index (χ2n) is 6.00. The Morgan fingerprint density at radius 3 is 2.63 bits per heavy atom. The van der Waals surface area contributed by atoms with Crippen LogP contribution in [0.2, 0.25) is 4.34 Å². The molecule has 3 atom stereocenters. The van der Waals surface area contributed by atoms with Gasteiger partial charge in [-0.25, -0.2) is 0 Å². The van der Waals surface area contributed by atoms with E-state index in [1.54, 1.807) is 0 Å². The Hall–Kier alpha value is -0.380. The highest BCUT2D eigenvalue weighted by molar-refractivity contribution is 7.18. The lowest BCUT2D eigenvalue weighted by atomic mass is 9.77. The molecule has 19 heavy (non-hydrogen) atoms. The van der Waals surface area contributed by atoms with Crippen LogP contribution in [-0.4, -0.2) is 29.8 Å². The van der Waals surface area contributed by atoms with Crippen molar-refractivity contribution in [3.05, 3.63) is 21.3 Å². The van der Waals surface area contributed by atoms with E-state index < -0.39 is 0 Å². The van der Waals surface area contributed by atoms with Crippen LogP contribution >= 0.6 is 22.9 Å². The molecule has 1 saturated heterocycles. The Kier molecular flexibility index (Phi) is 3.97. The number of likely N-dealkylation sites (tertiary alicyclic amines) is 1. The molecular weight excluding hydrogens is 278 g/mol. The summed E-state index contributed by atoms with van der Waals surface area (Å²) in [5.41, 5.74) is 0. The van der Waals surface area contributed by atoms with Crippen molar-refractivity contribution in [3.8, 4) is 0 Å². The molecule has 3 unspecified atom stereocenters. The lowest BCUT2D eigenvalue weighted by Gasteiger charge is -2.43. The van der Waals surface area contributed by atoms with E-state index in [1.165, 1.54) is 37.0 Å². The fourth-order valence-electron chi connectivity index (χ4n) is 3.61. The van der Waals surface area contributed by atoms with Gasteiger partial charge >= 0.3 is 0 Å². The van der Waals surface area contributed by atoms with E-state index in [1.807, 2.05) is 12.1 Å². The third-order valence-electron chi connectivity index (χ3n) is 4.62. The summed E-state index contributed by atoms with van der Waals surface area (Å²) in [7, 11) is 0. The molecule has 2 aliphatic rings. The van der Waals surface area contributed by atoms with Crippen molar-refractivity contribution in [2.75, 3.05) is 13.1 Å². The van der Waals surface area contributed by atoms with Crippen LogP contribution < -0.4 is 0 Å². The maximum atomic E-state index is 12.5. The van der Waals surface area contributed by atoms with E-state index in [2.05, 4.69) is 11.8 Å². The fraction of sp³-hybridized carbons (Fsp3) is 0.667. The van der Waals surface area contributed by atoms with Crippen LogP contribution in [0.25, 0.3) is 0 Å². The first-order chi connectivity index (χ1) is 9.13. The molecule has 1 aromatic rings. The summed E-state index contributed by atoms with van der Waals surface area (Å²) < 4.78 is 0.700. The maximum absolute atomic E-state index is 12.5. The first kappa shape index (κ1) is 13.6. The van der Waals surface area contributed by atoms with Crippen molar-refractivity contribution in [3.63, 3.8) is 0 Å². The van der Waals surface area contributed by atoms with Gasteiger partial charge in [-0.3, -0.25) is 9.69 Å². The van der Waals surface area contributed by atoms with Crippen LogP contribution in [0.1, 0.15) is 42.3 Å². The number of Topliss-reactive ketones (excluding diaryl/α,β-unsaturated/α-hetero) is 1. The topological polar surface area (TPSA) is 20.3 Å². The molecule has 2 nitrogen and oxygen atoms in total. The Morgan fingerprint density at radius 1 is 1.37 bits per heavy atom. The van der Waals surface area contributed by atoms with Crippen LogP contribution in [0.4, 0.5) is 0 Å². The number of fused-ring (bicyclic) bond motifs is 2. The minimum absolute atomic E-state index is 0.00174. The number of carbonyl (C=O) groups is 1. The van der Waals surface area contributed by atoms with Gasteiger partial charge in [-0.2, -0.15) is 0 Å². The average Bonchev–Trinajstić information content (AvgIpc) is 2.83. The first-order valence-corrected chi connectivity index (χ1v) is 8.36. The van der Waals surface area contributed by atoms with E-state index in [0.29, 0.717) is 4.34 Å². The van der Waals surface area contributed by atoms with Crippen LogP contribution in [0.15, 0.2) is 12.1 Å². The zero-order chi connectivity index (χ0) is 13.4. The standard InChI is InChI=1S/C15H20ClNOS/c1-10(15(18)13-5-6-14(16)19-13)17-8-11-3-2-4-12(7-11)9-17/h5-6,10-12H,2-4,7-9H2,1H3. The summed E-state index contributed by atoms with van der Waals surface area (Å²) in [4.78, 5) is 15.7. The molecule has 2 heterocycles. The second-order valence-corrected chi connectivity index (χ2v) is 7.71. The Balaban J connectivity index is 1.69. The summed E-state index contributed by atoms with van der Waals surface area (Å²) >= 11 is 7.32. The summed E-state index contributed by atoms with van der Waals surface area (Å²) in [5, 5.41) is 0. The second kappa shape index (κ2) is 5.55. The number of thiophene rings is 1. The number of hydrogen-bond donors (Lipinski definition) is 0. The van der Waals surface area contributed by atoms with Crippen molar-refractivity contribution in [2.45, 2.75) is 38.6 Å². The Morgan fingerprint density at radius 2 is 2.05 bits per heavy atom. The summed E-state index contributed by atoms with van der Waals surface area (Å²) in [6.07, 6.45) is 5.45. The van der Waals surface area contributed by atoms with Crippen LogP contribution in [0, 0.1) is 11.8 Å². The molecule has 0 spiro atoms. The monoisotopic (exact) mass is 297 g/mol. The molecule has 1 aliphatic carbocycles. The zero-order valence-electron chi connectivity index (χ0n) is 11.3. The number of carbonyl (C=O) groups excluding carboxylic acids is 1. The van der Waals surface area contributed by atoms with E-state index in [4.69, 9.17) is 11.6 Å². The molecule has 2 bridgehead atoms. The summed E-state index contributed by atoms with van der Waals surface area (Å²) in [6.45, 7) is 4.25. The van der Waals surface area contributed by atoms with Gasteiger partial charge in [0.2, 0.25) is 0 Å². The Labute approximate surface area is 123 Å². The molecule has 1 aromatic heterocycles. The number of hydrogen-bond acceptors (Lipinski definition) is 3. The van der Waals surface area contributed by atoms with Crippen LogP contribution in [0.5, 0.6) is 0 Å². The highest BCUT2D eigenvalue weighted by atomic mass is 35.5. The highest BCUT2D eigenvalue weighted by Crippen LogP contribution is 2.35. The molecule has 4 heteroatoms. The van der Waals surface area contributed by atoms with Gasteiger partial charge in [0.1, 0.15) is 0 Å². The van der Waals surface area contributed by atoms with Crippen LogP contribution in [-0.2, 0) is 0 Å². The van der Waals surface area contributed by atoms with Crippen molar-refractivity contribution >= 4 is 28.7 Å². The molecular formula is C15H20ClNOS. The first-order valence-electron chi connectivity index (χ1n) is 7.17. The molecule has 1 saturated carbocycles. The van der Waals surface area contributed by atoms with Gasteiger partial charge in [-0.05, 0) is 50.2 Å². The number of rotatable bonds is 3. The zero-order valence-corrected chi connectivity index (χ0v) is 12.8. The van der Waals surface area contributed by atoms with E-state index >= 15 is 0 Å². The molecule has 0 radical (unpaired) electrons. The number of piperidine rings is 1. The normalized spacial score (nSPS) is 29.2. The minimum Gasteiger partial charge on any atom is -0.293 e. The van der Waals surface area contributed by atoms with Crippen LogP contribution in [0.3, 0.4) is 0 Å². The van der Waals surface area contributed by atoms with Gasteiger partial charge in [0.05, 0.1) is 15.3 Å². The average molecular weight is 298 g/mol.